The lowest BCUT2D eigenvalue weighted by Crippen LogP contribution is -2.49. The van der Waals surface area contributed by atoms with Crippen molar-refractivity contribution in [2.75, 3.05) is 18.0 Å². The van der Waals surface area contributed by atoms with E-state index in [-0.39, 0.29) is 12.4 Å². The lowest BCUT2D eigenvalue weighted by atomic mass is 9.97. The molecule has 2 aliphatic heterocycles. The van der Waals surface area contributed by atoms with Gasteiger partial charge in [0.15, 0.2) is 0 Å². The van der Waals surface area contributed by atoms with Gasteiger partial charge in [-0.2, -0.15) is 0 Å². The molecule has 1 saturated heterocycles. The first-order valence-corrected chi connectivity index (χ1v) is 11.0. The summed E-state index contributed by atoms with van der Waals surface area (Å²) in [5, 5.41) is 11.7. The predicted octanol–water partition coefficient (Wildman–Crippen LogP) is 5.99. The Morgan fingerprint density at radius 3 is 2.46 bits per heavy atom. The van der Waals surface area contributed by atoms with Crippen molar-refractivity contribution in [2.24, 2.45) is 0 Å². The van der Waals surface area contributed by atoms with Gasteiger partial charge in [-0.15, -0.1) is 12.4 Å². The smallest absolute Gasteiger partial charge is 0.0846 e. The van der Waals surface area contributed by atoms with E-state index >= 15 is 0 Å². The molecular formula is C22H28Cl2N2OS. The minimum absolute atomic E-state index is 0. The van der Waals surface area contributed by atoms with Gasteiger partial charge in [-0.1, -0.05) is 41.9 Å². The van der Waals surface area contributed by atoms with Crippen LogP contribution in [-0.4, -0.2) is 41.3 Å². The highest BCUT2D eigenvalue weighted by atomic mass is 35.5. The van der Waals surface area contributed by atoms with Crippen molar-refractivity contribution < 1.29 is 5.11 Å². The van der Waals surface area contributed by atoms with Crippen LogP contribution in [-0.2, 0) is 0 Å². The molecular weight excluding hydrogens is 411 g/mol. The van der Waals surface area contributed by atoms with E-state index in [0.29, 0.717) is 25.2 Å². The van der Waals surface area contributed by atoms with E-state index in [1.165, 1.54) is 29.1 Å². The van der Waals surface area contributed by atoms with Crippen LogP contribution >= 0.6 is 35.8 Å². The fourth-order valence-corrected chi connectivity index (χ4v) is 5.59. The average molecular weight is 439 g/mol. The summed E-state index contributed by atoms with van der Waals surface area (Å²) in [6, 6.07) is 15.5. The molecule has 0 radical (unpaired) electrons. The van der Waals surface area contributed by atoms with Gasteiger partial charge in [-0.25, -0.2) is 0 Å². The zero-order chi connectivity index (χ0) is 19.0. The number of piperidine rings is 1. The van der Waals surface area contributed by atoms with E-state index in [2.05, 4.69) is 54.0 Å². The molecule has 2 aromatic rings. The van der Waals surface area contributed by atoms with Crippen molar-refractivity contribution in [3.05, 3.63) is 47.5 Å². The van der Waals surface area contributed by atoms with Crippen LogP contribution in [0.1, 0.15) is 33.1 Å². The van der Waals surface area contributed by atoms with Crippen LogP contribution in [0, 0.1) is 0 Å². The van der Waals surface area contributed by atoms with Crippen molar-refractivity contribution in [2.45, 2.75) is 61.1 Å². The van der Waals surface area contributed by atoms with Gasteiger partial charge in [0.25, 0.3) is 0 Å². The number of β-amino-alcohol motifs (C(OH)–C–C–N with tert-alkyl or cyclic N) is 1. The van der Waals surface area contributed by atoms with Crippen molar-refractivity contribution in [3.63, 3.8) is 0 Å². The van der Waals surface area contributed by atoms with E-state index < -0.39 is 6.10 Å². The van der Waals surface area contributed by atoms with Crippen LogP contribution in [0.25, 0.3) is 0 Å². The summed E-state index contributed by atoms with van der Waals surface area (Å²) in [4.78, 5) is 7.11. The zero-order valence-corrected chi connectivity index (χ0v) is 18.7. The SMILES string of the molecule is CC1CCCC(C)N1CC(O)CN1c2ccccc2Sc2ccc(Cl)cc21.Cl. The minimum atomic E-state index is -0.420. The number of aliphatic hydroxyl groups is 1. The Kier molecular flexibility index (Phi) is 7.21. The van der Waals surface area contributed by atoms with E-state index in [9.17, 15) is 5.11 Å². The molecule has 0 aliphatic carbocycles. The third-order valence-corrected chi connectivity index (χ3v) is 7.14. The molecule has 1 N–H and O–H groups in total. The summed E-state index contributed by atoms with van der Waals surface area (Å²) in [5.74, 6) is 0. The Balaban J connectivity index is 0.00000225. The first-order valence-electron chi connectivity index (χ1n) is 9.80. The first-order chi connectivity index (χ1) is 13.0. The normalized spacial score (nSPS) is 22.8. The van der Waals surface area contributed by atoms with Gasteiger partial charge in [-0.3, -0.25) is 4.90 Å². The van der Waals surface area contributed by atoms with Gasteiger partial charge in [0.05, 0.1) is 24.0 Å². The third-order valence-electron chi connectivity index (χ3n) is 5.78. The number of rotatable bonds is 4. The highest BCUT2D eigenvalue weighted by molar-refractivity contribution is 7.99. The van der Waals surface area contributed by atoms with Gasteiger partial charge in [-0.05, 0) is 57.0 Å². The fourth-order valence-electron chi connectivity index (χ4n) is 4.35. The van der Waals surface area contributed by atoms with Gasteiger partial charge >= 0.3 is 0 Å². The van der Waals surface area contributed by atoms with Crippen molar-refractivity contribution in [1.82, 2.24) is 4.90 Å². The molecule has 1 fully saturated rings. The largest absolute Gasteiger partial charge is 0.390 e. The number of likely N-dealkylation sites (tertiary alicyclic amines) is 1. The maximum atomic E-state index is 11.0. The molecule has 0 spiro atoms. The second-order valence-electron chi connectivity index (χ2n) is 7.77. The summed E-state index contributed by atoms with van der Waals surface area (Å²) in [7, 11) is 0. The summed E-state index contributed by atoms with van der Waals surface area (Å²) in [5.41, 5.74) is 2.24. The molecule has 0 bridgehead atoms. The molecule has 3 atom stereocenters. The quantitative estimate of drug-likeness (QED) is 0.633. The first kappa shape index (κ1) is 21.8. The molecule has 0 amide bonds. The highest BCUT2D eigenvalue weighted by Gasteiger charge is 2.29. The lowest BCUT2D eigenvalue weighted by Gasteiger charge is -2.41. The van der Waals surface area contributed by atoms with E-state index in [4.69, 9.17) is 11.6 Å². The molecule has 3 nitrogen and oxygen atoms in total. The standard InChI is InChI=1S/C22H27ClN2OS.ClH/c1-15-6-5-7-16(2)24(15)13-18(26)14-25-19-8-3-4-9-21(19)27-22-11-10-17(23)12-20(22)25;/h3-4,8-12,15-16,18,26H,5-7,13-14H2,1-2H3;1H. The Morgan fingerprint density at radius 2 is 1.71 bits per heavy atom. The van der Waals surface area contributed by atoms with Gasteiger partial charge in [0.1, 0.15) is 0 Å². The van der Waals surface area contributed by atoms with E-state index in [0.717, 1.165) is 16.4 Å². The number of anilines is 2. The summed E-state index contributed by atoms with van der Waals surface area (Å²) < 4.78 is 0. The molecule has 2 heterocycles. The lowest BCUT2D eigenvalue weighted by molar-refractivity contribution is 0.0451. The monoisotopic (exact) mass is 438 g/mol. The number of benzene rings is 2. The van der Waals surface area contributed by atoms with Crippen LogP contribution in [0.2, 0.25) is 5.02 Å². The fraction of sp³-hybridized carbons (Fsp3) is 0.455. The van der Waals surface area contributed by atoms with Crippen LogP contribution < -0.4 is 4.90 Å². The number of fused-ring (bicyclic) bond motifs is 2. The Bertz CT molecular complexity index is 809. The number of nitrogens with zero attached hydrogens (tertiary/aromatic N) is 2. The summed E-state index contributed by atoms with van der Waals surface area (Å²) >= 11 is 8.06. The number of para-hydroxylation sites is 1. The Labute approximate surface area is 183 Å². The second-order valence-corrected chi connectivity index (χ2v) is 9.29. The number of aliphatic hydroxyl groups excluding tert-OH is 1. The summed E-state index contributed by atoms with van der Waals surface area (Å²) in [6.45, 7) is 5.85. The highest BCUT2D eigenvalue weighted by Crippen LogP contribution is 2.48. The minimum Gasteiger partial charge on any atom is -0.390 e. The average Bonchev–Trinajstić information content (AvgIpc) is 2.65. The molecule has 152 valence electrons. The molecule has 28 heavy (non-hydrogen) atoms. The molecule has 2 aliphatic rings. The van der Waals surface area contributed by atoms with Crippen LogP contribution in [0.3, 0.4) is 0 Å². The van der Waals surface area contributed by atoms with Crippen molar-refractivity contribution in [1.29, 1.82) is 0 Å². The summed E-state index contributed by atoms with van der Waals surface area (Å²) in [6.07, 6.45) is 3.31. The zero-order valence-electron chi connectivity index (χ0n) is 16.3. The van der Waals surface area contributed by atoms with Crippen molar-refractivity contribution in [3.8, 4) is 0 Å². The number of hydrogen-bond acceptors (Lipinski definition) is 4. The third kappa shape index (κ3) is 4.47. The predicted molar refractivity (Wildman–Crippen MR) is 122 cm³/mol. The van der Waals surface area contributed by atoms with E-state index in [1.54, 1.807) is 11.8 Å². The topological polar surface area (TPSA) is 26.7 Å². The van der Waals surface area contributed by atoms with Crippen molar-refractivity contribution >= 4 is 47.1 Å². The molecule has 0 saturated carbocycles. The molecule has 0 aromatic heterocycles. The molecule has 2 aromatic carbocycles. The maximum Gasteiger partial charge on any atom is 0.0846 e. The van der Waals surface area contributed by atoms with Gasteiger partial charge in [0, 0.05) is 33.4 Å². The molecule has 6 heteroatoms. The molecule has 3 unspecified atom stereocenters. The maximum absolute atomic E-state index is 11.0. The number of halogens is 2. The van der Waals surface area contributed by atoms with Crippen LogP contribution in [0.15, 0.2) is 52.3 Å². The number of hydrogen-bond donors (Lipinski definition) is 1. The Morgan fingerprint density at radius 1 is 1.04 bits per heavy atom. The second kappa shape index (κ2) is 9.27. The van der Waals surface area contributed by atoms with Crippen LogP contribution in [0.4, 0.5) is 11.4 Å². The molecule has 4 rings (SSSR count). The van der Waals surface area contributed by atoms with Gasteiger partial charge < -0.3 is 10.0 Å². The Hall–Kier alpha value is -0.910. The van der Waals surface area contributed by atoms with Gasteiger partial charge in [0.2, 0.25) is 0 Å². The van der Waals surface area contributed by atoms with E-state index in [1.807, 2.05) is 12.1 Å². The van der Waals surface area contributed by atoms with Crippen LogP contribution in [0.5, 0.6) is 0 Å².